The third-order valence-corrected chi connectivity index (χ3v) is 14.2. The molecule has 0 aliphatic carbocycles. The molecule has 1 saturated heterocycles. The van der Waals surface area contributed by atoms with E-state index in [0.717, 1.165) is 12.1 Å². The van der Waals surface area contributed by atoms with Crippen LogP contribution >= 0.6 is 0 Å². The summed E-state index contributed by atoms with van der Waals surface area (Å²) in [5.74, 6) is 0.502. The Kier molecular flexibility index (Phi) is 13.5. The fourth-order valence-corrected chi connectivity index (χ4v) is 10.7. The van der Waals surface area contributed by atoms with Crippen LogP contribution in [0.1, 0.15) is 74.4 Å². The van der Waals surface area contributed by atoms with E-state index in [0.29, 0.717) is 82.9 Å². The van der Waals surface area contributed by atoms with Gasteiger partial charge in [0.25, 0.3) is 11.8 Å². The summed E-state index contributed by atoms with van der Waals surface area (Å²) in [7, 11) is 3.53. The lowest BCUT2D eigenvalue weighted by molar-refractivity contribution is -0.661. The van der Waals surface area contributed by atoms with Gasteiger partial charge in [0.15, 0.2) is 12.5 Å². The Morgan fingerprint density at radius 2 is 1.35 bits per heavy atom. The third-order valence-electron chi connectivity index (χ3n) is 14.2. The molecule has 18 nitrogen and oxygen atoms in total. The molecule has 8 aromatic rings. The molecule has 3 N–H and O–H groups in total. The van der Waals surface area contributed by atoms with Crippen LogP contribution in [0.2, 0.25) is 0 Å². The van der Waals surface area contributed by atoms with Crippen LogP contribution in [0.25, 0.3) is 45.2 Å². The van der Waals surface area contributed by atoms with Gasteiger partial charge >= 0.3 is 18.2 Å². The van der Waals surface area contributed by atoms with E-state index in [9.17, 15) is 45.4 Å². The van der Waals surface area contributed by atoms with Crippen LogP contribution in [0.3, 0.4) is 0 Å². The van der Waals surface area contributed by atoms with Crippen LogP contribution in [0.4, 0.5) is 54.0 Å². The van der Waals surface area contributed by atoms with E-state index in [-0.39, 0.29) is 71.3 Å². The van der Waals surface area contributed by atoms with Crippen LogP contribution in [0.5, 0.6) is 0 Å². The molecule has 0 spiro atoms. The Hall–Kier alpha value is -8.58. The molecule has 1 atom stereocenters. The normalized spacial score (nSPS) is 15.7. The fourth-order valence-electron chi connectivity index (χ4n) is 10.7. The predicted octanol–water partition coefficient (Wildman–Crippen LogP) is 8.25. The zero-order valence-electron chi connectivity index (χ0n) is 43.0. The van der Waals surface area contributed by atoms with Crippen molar-refractivity contribution in [1.82, 2.24) is 49.2 Å². The third kappa shape index (κ3) is 9.91. The van der Waals surface area contributed by atoms with E-state index < -0.39 is 54.6 Å². The topological polar surface area (TPSA) is 184 Å². The average Bonchev–Trinajstić information content (AvgIpc) is 4.40. The molecule has 5 aromatic heterocycles. The van der Waals surface area contributed by atoms with E-state index in [1.54, 1.807) is 74.3 Å². The summed E-state index contributed by atoms with van der Waals surface area (Å²) in [5, 5.41) is 34.5. The highest BCUT2D eigenvalue weighted by molar-refractivity contribution is 6.11. The van der Waals surface area contributed by atoms with Crippen molar-refractivity contribution in [3.05, 3.63) is 136 Å². The second-order valence-corrected chi connectivity index (χ2v) is 19.6. The largest absolute Gasteiger partial charge is 0.416 e. The van der Waals surface area contributed by atoms with Crippen molar-refractivity contribution in [2.45, 2.75) is 71.7 Å². The second kappa shape index (κ2) is 20.3. The number of fused-ring (bicyclic) bond motifs is 2. The first kappa shape index (κ1) is 52.5. The first-order valence-corrected chi connectivity index (χ1v) is 25.3. The Balaban J connectivity index is 0.896. The minimum atomic E-state index is -4.78. The van der Waals surface area contributed by atoms with Gasteiger partial charge in [-0.1, -0.05) is 28.9 Å². The van der Waals surface area contributed by atoms with Crippen LogP contribution in [0.15, 0.2) is 91.6 Å². The maximum absolute atomic E-state index is 14.7. The van der Waals surface area contributed by atoms with E-state index in [2.05, 4.69) is 30.9 Å². The summed E-state index contributed by atoms with van der Waals surface area (Å²) < 4.78 is 108. The number of alkyl halides is 7. The lowest BCUT2D eigenvalue weighted by Crippen LogP contribution is -2.28. The van der Waals surface area contributed by atoms with Crippen molar-refractivity contribution in [1.29, 1.82) is 0 Å². The van der Waals surface area contributed by atoms with Crippen LogP contribution < -0.4 is 25.0 Å². The van der Waals surface area contributed by atoms with Crippen LogP contribution in [-0.4, -0.2) is 98.5 Å². The number of rotatable bonds is 15. The number of benzene rings is 3. The molecule has 1 fully saturated rings. The zero-order valence-corrected chi connectivity index (χ0v) is 43.0. The van der Waals surface area contributed by atoms with Crippen molar-refractivity contribution in [2.24, 2.45) is 14.1 Å². The highest BCUT2D eigenvalue weighted by Crippen LogP contribution is 2.43. The molecule has 11 rings (SSSR count). The maximum Gasteiger partial charge on any atom is 0.416 e. The number of aliphatic hydroxyl groups excluding tert-OH is 1. The van der Waals surface area contributed by atoms with Gasteiger partial charge < -0.3 is 15.7 Å². The van der Waals surface area contributed by atoms with Crippen molar-refractivity contribution in [3.63, 3.8) is 0 Å². The fraction of sp³-hybridized carbons (Fsp3) is 0.315. The SMILES string of the molecule is CCNc1cc(-c2ccccc2-c2nncn2Cn2c[n+](C)c(-c3cnn(C)c3-c3cc(NCC)nc(N4Cc5c(cc(CN6CCC(F)C6)cc5C(F)(F)F)C4=O)c3)n2)cc(N2Cc3c(cc(CO)cc3C(F)(F)F)C2=O)n1. The van der Waals surface area contributed by atoms with Gasteiger partial charge in [0.05, 0.1) is 49.8 Å². The van der Waals surface area contributed by atoms with Gasteiger partial charge in [0.2, 0.25) is 6.33 Å². The Bertz CT molecular complexity index is 3700. The molecule has 1 unspecified atom stereocenters. The number of likely N-dealkylation sites (tertiary alicyclic amines) is 1. The standard InChI is InChI=1S/C54H51F7N15O3/c1-5-62-44-17-32(19-46(66-44)75-25-41-38(52(75)79)14-31(26-77)16-43(41)54(59,60)61)35-9-7-8-10-36(35)49-68-64-27-73(49)29-74-28-70(3)50(69-74)39-21-65-71(4)48(39)33-18-45(63-6-2)67-47(20-33)76-24-40-37(51(76)78)13-30(15-42(40)53(56,57)58)22-72-12-11-34(55)23-72/h7-10,13-21,27-28,34,77H,5-6,11-12,22-26,29H2,1-4H3,(H,62,66)(H,63,67)/q+1. The number of aliphatic hydroxyl groups is 1. The molecule has 408 valence electrons. The first-order chi connectivity index (χ1) is 37.8. The van der Waals surface area contributed by atoms with Gasteiger partial charge in [-0.25, -0.2) is 18.9 Å². The quantitative estimate of drug-likeness (QED) is 0.0661. The molecular weight excluding hydrogens is 1040 g/mol. The molecule has 3 aliphatic heterocycles. The number of carbonyl (C=O) groups excluding carboxylic acids is 2. The van der Waals surface area contributed by atoms with E-state index in [4.69, 9.17) is 10.1 Å². The molecule has 0 radical (unpaired) electrons. The monoisotopic (exact) mass is 1090 g/mol. The number of nitrogens with zero attached hydrogens (tertiary/aromatic N) is 13. The number of halogens is 7. The van der Waals surface area contributed by atoms with Gasteiger partial charge in [-0.05, 0) is 102 Å². The highest BCUT2D eigenvalue weighted by atomic mass is 19.4. The van der Waals surface area contributed by atoms with Gasteiger partial charge in [0.1, 0.15) is 41.3 Å². The predicted molar refractivity (Wildman–Crippen MR) is 276 cm³/mol. The first-order valence-electron chi connectivity index (χ1n) is 25.3. The number of hydrogen-bond donors (Lipinski definition) is 3. The van der Waals surface area contributed by atoms with E-state index in [1.807, 2.05) is 38.1 Å². The number of pyridine rings is 2. The lowest BCUT2D eigenvalue weighted by atomic mass is 9.98. The summed E-state index contributed by atoms with van der Waals surface area (Å²) in [6.45, 7) is 3.80. The zero-order chi connectivity index (χ0) is 55.7. The molecule has 25 heteroatoms. The number of nitrogens with one attached hydrogen (secondary N) is 2. The molecular formula is C54H51F7N15O3+. The highest BCUT2D eigenvalue weighted by Gasteiger charge is 2.43. The summed E-state index contributed by atoms with van der Waals surface area (Å²) >= 11 is 0. The molecule has 79 heavy (non-hydrogen) atoms. The van der Waals surface area contributed by atoms with Crippen molar-refractivity contribution in [2.75, 3.05) is 46.6 Å². The lowest BCUT2D eigenvalue weighted by Gasteiger charge is -2.19. The van der Waals surface area contributed by atoms with E-state index >= 15 is 0 Å². The summed E-state index contributed by atoms with van der Waals surface area (Å²) in [5.41, 5.74) is 1.18. The Morgan fingerprint density at radius 3 is 1.95 bits per heavy atom. The van der Waals surface area contributed by atoms with Crippen LogP contribution in [0, 0.1) is 0 Å². The molecule has 0 bridgehead atoms. The smallest absolute Gasteiger partial charge is 0.392 e. The van der Waals surface area contributed by atoms with Gasteiger partial charge in [-0.3, -0.25) is 33.5 Å². The molecule has 2 amide bonds. The maximum atomic E-state index is 14.7. The minimum Gasteiger partial charge on any atom is -0.392 e. The van der Waals surface area contributed by atoms with Crippen molar-refractivity contribution in [3.8, 4) is 45.2 Å². The molecule has 0 saturated carbocycles. The van der Waals surface area contributed by atoms with E-state index in [1.165, 1.54) is 28.3 Å². The van der Waals surface area contributed by atoms with Gasteiger partial charge in [-0.2, -0.15) is 31.4 Å². The molecule has 3 aromatic carbocycles. The number of anilines is 4. The Labute approximate surface area is 446 Å². The summed E-state index contributed by atoms with van der Waals surface area (Å²) in [6.07, 6.45) is -5.39. The second-order valence-electron chi connectivity index (χ2n) is 19.6. The van der Waals surface area contributed by atoms with Crippen molar-refractivity contribution >= 4 is 35.1 Å². The summed E-state index contributed by atoms with van der Waals surface area (Å²) in [6, 6.07) is 18.8. The summed E-state index contributed by atoms with van der Waals surface area (Å²) in [4.78, 5) is 41.7. The van der Waals surface area contributed by atoms with Gasteiger partial charge in [0, 0.05) is 67.1 Å². The number of aromatic nitrogens is 10. The van der Waals surface area contributed by atoms with Gasteiger partial charge in [-0.15, -0.1) is 10.2 Å². The number of carbonyl (C=O) groups is 2. The minimum absolute atomic E-state index is 0.0413. The van der Waals surface area contributed by atoms with Crippen molar-refractivity contribution < 1.29 is 50.0 Å². The Morgan fingerprint density at radius 1 is 0.759 bits per heavy atom. The number of hydrogen-bond acceptors (Lipinski definition) is 12. The molecule has 8 heterocycles. The number of amides is 2. The van der Waals surface area contributed by atoms with Crippen LogP contribution in [-0.2, 0) is 59.4 Å². The average molecular weight is 1090 g/mol. The number of aryl methyl sites for hydroxylation is 2. The molecule has 3 aliphatic rings.